The Labute approximate surface area is 289 Å². The molecule has 3 heterocycles. The van der Waals surface area contributed by atoms with E-state index < -0.39 is 23.8 Å². The van der Waals surface area contributed by atoms with E-state index in [1.165, 1.54) is 7.11 Å². The van der Waals surface area contributed by atoms with Crippen LogP contribution in [-0.2, 0) is 37.8 Å². The summed E-state index contributed by atoms with van der Waals surface area (Å²) in [4.78, 5) is 33.6. The summed E-state index contributed by atoms with van der Waals surface area (Å²) < 4.78 is 29.6. The third kappa shape index (κ3) is 6.38. The molecule has 1 aliphatic carbocycles. The molecule has 2 unspecified atom stereocenters. The summed E-state index contributed by atoms with van der Waals surface area (Å²) in [7, 11) is 5.35. The number of methoxy groups -OCH3 is 1. The highest BCUT2D eigenvalue weighted by Gasteiger charge is 2.32. The second-order valence-corrected chi connectivity index (χ2v) is 13.6. The van der Waals surface area contributed by atoms with Crippen molar-refractivity contribution in [2.75, 3.05) is 39.1 Å². The number of amides is 1. The van der Waals surface area contributed by atoms with Crippen LogP contribution in [0, 0.1) is 11.7 Å². The molecule has 3 aliphatic rings. The number of halogens is 2. The summed E-state index contributed by atoms with van der Waals surface area (Å²) >= 11 is 6.63. The number of benzene rings is 3. The van der Waals surface area contributed by atoms with Crippen LogP contribution in [0.5, 0.6) is 11.5 Å². The van der Waals surface area contributed by atoms with E-state index in [1.54, 1.807) is 6.07 Å². The minimum absolute atomic E-state index is 0.0436. The molecule has 2 atom stereocenters. The number of hydrogen-bond acceptors (Lipinski definition) is 7. The predicted octanol–water partition coefficient (Wildman–Crippen LogP) is 6.10. The fraction of sp³-hybridized carbons (Fsp3) is 0.378. The molecule has 0 spiro atoms. The Kier molecular flexibility index (Phi) is 9.08. The van der Waals surface area contributed by atoms with Gasteiger partial charge < -0.3 is 29.4 Å². The first kappa shape index (κ1) is 33.1. The zero-order chi connectivity index (χ0) is 34.4. The van der Waals surface area contributed by atoms with Crippen LogP contribution >= 0.6 is 11.6 Å². The van der Waals surface area contributed by atoms with Crippen molar-refractivity contribution in [1.29, 1.82) is 0 Å². The molecule has 0 radical (unpaired) electrons. The van der Waals surface area contributed by atoms with Crippen LogP contribution in [0.15, 0.2) is 48.5 Å². The van der Waals surface area contributed by atoms with E-state index >= 15 is 4.39 Å². The number of carbonyl (C=O) groups is 2. The fourth-order valence-electron chi connectivity index (χ4n) is 7.46. The molecular formula is C37H39ClFN5O5. The van der Waals surface area contributed by atoms with Crippen LogP contribution < -0.4 is 14.8 Å². The number of aromatic nitrogens is 2. The lowest BCUT2D eigenvalue weighted by molar-refractivity contribution is -0.141. The molecule has 256 valence electrons. The predicted molar refractivity (Wildman–Crippen MR) is 184 cm³/mol. The number of likely N-dealkylation sites (N-methyl/N-ethyl adjacent to an activating group) is 1. The van der Waals surface area contributed by atoms with Crippen LogP contribution in [0.2, 0.25) is 5.02 Å². The maximum absolute atomic E-state index is 15.9. The number of hydrogen-bond donors (Lipinski definition) is 2. The molecule has 1 fully saturated rings. The summed E-state index contributed by atoms with van der Waals surface area (Å²) in [5.41, 5.74) is 7.25. The lowest BCUT2D eigenvalue weighted by Gasteiger charge is -2.22. The molecule has 7 rings (SSSR count). The summed E-state index contributed by atoms with van der Waals surface area (Å²) in [6.45, 7) is 2.96. The number of carboxylic acid groups (broad SMARTS) is 1. The number of anilines is 1. The van der Waals surface area contributed by atoms with Crippen molar-refractivity contribution in [1.82, 2.24) is 19.4 Å². The standard InChI is InChI=1S/C37H39ClFN5O5/c1-42-14-13-30-29(20-42)41-35(43(30)2)36(45)40-24-7-4-6-21(16-24)25-8-5-9-27-26(25)10-11-31(27)49-34-28(38)17-23(33(48-3)32(34)39)19-44-15-12-22(18-44)37(46)47/h4-9,16-17,22,31H,10-15,18-20H2,1-3H3,(H,40,45)(H,46,47). The van der Waals surface area contributed by atoms with Crippen molar-refractivity contribution >= 4 is 29.2 Å². The van der Waals surface area contributed by atoms with Crippen LogP contribution in [0.1, 0.15) is 57.6 Å². The molecule has 49 heavy (non-hydrogen) atoms. The molecule has 10 nitrogen and oxygen atoms in total. The summed E-state index contributed by atoms with van der Waals surface area (Å²) in [5, 5.41) is 12.5. The van der Waals surface area contributed by atoms with Gasteiger partial charge in [-0.05, 0) is 73.3 Å². The molecule has 3 aromatic carbocycles. The fourth-order valence-corrected chi connectivity index (χ4v) is 7.72. The van der Waals surface area contributed by atoms with Crippen LogP contribution in [0.25, 0.3) is 11.1 Å². The van der Waals surface area contributed by atoms with Gasteiger partial charge in [0.2, 0.25) is 5.82 Å². The zero-order valence-corrected chi connectivity index (χ0v) is 28.5. The number of nitrogens with zero attached hydrogens (tertiary/aromatic N) is 4. The third-order valence-corrected chi connectivity index (χ3v) is 10.3. The van der Waals surface area contributed by atoms with E-state index in [0.717, 1.165) is 53.2 Å². The van der Waals surface area contributed by atoms with Gasteiger partial charge in [0.25, 0.3) is 5.91 Å². The first-order valence-electron chi connectivity index (χ1n) is 16.5. The SMILES string of the molecule is COc1c(CN2CCC(C(=O)O)C2)cc(Cl)c(OC2CCc3c(-c4cccc(NC(=O)c5nc6c(n5C)CCN(C)C6)c4)cccc32)c1F. The first-order chi connectivity index (χ1) is 23.6. The minimum Gasteiger partial charge on any atom is -0.493 e. The largest absolute Gasteiger partial charge is 0.493 e. The van der Waals surface area contributed by atoms with Gasteiger partial charge in [0, 0.05) is 56.6 Å². The summed E-state index contributed by atoms with van der Waals surface area (Å²) in [6.07, 6.45) is 2.32. The van der Waals surface area contributed by atoms with E-state index in [1.807, 2.05) is 59.0 Å². The zero-order valence-electron chi connectivity index (χ0n) is 27.8. The van der Waals surface area contributed by atoms with Crippen LogP contribution in [-0.4, -0.2) is 70.1 Å². The van der Waals surface area contributed by atoms with Gasteiger partial charge >= 0.3 is 5.97 Å². The number of ether oxygens (including phenoxy) is 2. The van der Waals surface area contributed by atoms with Crippen molar-refractivity contribution in [2.24, 2.45) is 13.0 Å². The lowest BCUT2D eigenvalue weighted by Crippen LogP contribution is -2.27. The lowest BCUT2D eigenvalue weighted by atomic mass is 9.96. The molecule has 0 saturated carbocycles. The van der Waals surface area contributed by atoms with E-state index in [0.29, 0.717) is 56.0 Å². The molecule has 4 aromatic rings. The Morgan fingerprint density at radius 2 is 1.90 bits per heavy atom. The minimum atomic E-state index is -0.825. The highest BCUT2D eigenvalue weighted by Crippen LogP contribution is 2.45. The molecule has 1 saturated heterocycles. The van der Waals surface area contributed by atoms with Crippen molar-refractivity contribution in [3.05, 3.63) is 93.3 Å². The number of fused-ring (bicyclic) bond motifs is 2. The third-order valence-electron chi connectivity index (χ3n) is 9.98. The maximum Gasteiger partial charge on any atom is 0.307 e. The molecule has 2 aliphatic heterocycles. The number of imidazole rings is 1. The Morgan fingerprint density at radius 1 is 1.08 bits per heavy atom. The maximum atomic E-state index is 15.9. The van der Waals surface area contributed by atoms with Gasteiger partial charge in [0.15, 0.2) is 17.3 Å². The molecule has 1 amide bonds. The van der Waals surface area contributed by atoms with Crippen molar-refractivity contribution < 1.29 is 28.6 Å². The van der Waals surface area contributed by atoms with E-state index in [9.17, 15) is 14.7 Å². The van der Waals surface area contributed by atoms with Crippen molar-refractivity contribution in [3.8, 4) is 22.6 Å². The van der Waals surface area contributed by atoms with Crippen molar-refractivity contribution in [2.45, 2.75) is 44.9 Å². The molecule has 0 bridgehead atoms. The average Bonchev–Trinajstić information content (AvgIpc) is 3.80. The van der Waals surface area contributed by atoms with Gasteiger partial charge in [-0.15, -0.1) is 0 Å². The van der Waals surface area contributed by atoms with E-state index in [-0.39, 0.29) is 22.4 Å². The highest BCUT2D eigenvalue weighted by atomic mass is 35.5. The molecular weight excluding hydrogens is 649 g/mol. The van der Waals surface area contributed by atoms with Crippen molar-refractivity contribution in [3.63, 3.8) is 0 Å². The molecule has 12 heteroatoms. The first-order valence-corrected chi connectivity index (χ1v) is 16.9. The average molecular weight is 688 g/mol. The van der Waals surface area contributed by atoms with Crippen LogP contribution in [0.3, 0.4) is 0 Å². The Bertz CT molecular complexity index is 1950. The van der Waals surface area contributed by atoms with Gasteiger partial charge in [-0.3, -0.25) is 14.5 Å². The Hall–Kier alpha value is -4.45. The van der Waals surface area contributed by atoms with E-state index in [4.69, 9.17) is 21.1 Å². The Morgan fingerprint density at radius 3 is 2.67 bits per heavy atom. The topological polar surface area (TPSA) is 109 Å². The number of carbonyl (C=O) groups excluding carboxylic acids is 1. The smallest absolute Gasteiger partial charge is 0.307 e. The normalized spacial score (nSPS) is 19.0. The number of rotatable bonds is 9. The molecule has 2 N–H and O–H groups in total. The van der Waals surface area contributed by atoms with Crippen LogP contribution in [0.4, 0.5) is 10.1 Å². The number of likely N-dealkylation sites (tertiary alicyclic amines) is 1. The number of aliphatic carboxylic acids is 1. The molecule has 1 aromatic heterocycles. The number of carboxylic acids is 1. The quantitative estimate of drug-likeness (QED) is 0.217. The summed E-state index contributed by atoms with van der Waals surface area (Å²) in [6, 6.07) is 15.4. The summed E-state index contributed by atoms with van der Waals surface area (Å²) in [5.74, 6) is -1.83. The van der Waals surface area contributed by atoms with Gasteiger partial charge in [0.05, 0.1) is 23.7 Å². The second kappa shape index (κ2) is 13.5. The van der Waals surface area contributed by atoms with Gasteiger partial charge in [0.1, 0.15) is 6.10 Å². The monoisotopic (exact) mass is 687 g/mol. The highest BCUT2D eigenvalue weighted by molar-refractivity contribution is 6.32. The van der Waals surface area contributed by atoms with Gasteiger partial charge in [-0.2, -0.15) is 4.39 Å². The van der Waals surface area contributed by atoms with Gasteiger partial charge in [-0.1, -0.05) is 41.9 Å². The van der Waals surface area contributed by atoms with E-state index in [2.05, 4.69) is 22.2 Å². The van der Waals surface area contributed by atoms with Gasteiger partial charge in [-0.25, -0.2) is 4.98 Å². The Balaban J connectivity index is 1.09. The second-order valence-electron chi connectivity index (χ2n) is 13.2. The number of nitrogens with one attached hydrogen (secondary N) is 1.